The van der Waals surface area contributed by atoms with Gasteiger partial charge in [-0.15, -0.1) is 0 Å². The molecule has 6 heteroatoms. The smallest absolute Gasteiger partial charge is 0.223 e. The van der Waals surface area contributed by atoms with Gasteiger partial charge < -0.3 is 21.1 Å². The van der Waals surface area contributed by atoms with Crippen LogP contribution in [0.4, 0.5) is 11.5 Å². The summed E-state index contributed by atoms with van der Waals surface area (Å²) in [6.45, 7) is 14.9. The molecule has 0 aliphatic heterocycles. The van der Waals surface area contributed by atoms with E-state index in [9.17, 15) is 9.90 Å². The summed E-state index contributed by atoms with van der Waals surface area (Å²) < 4.78 is 0. The Hall–Kier alpha value is -3.28. The molecule has 6 nitrogen and oxygen atoms in total. The Balaban J connectivity index is 1.76. The average molecular weight is 493 g/mol. The lowest BCUT2D eigenvalue weighted by molar-refractivity contribution is -0.126. The first kappa shape index (κ1) is 29.0. The van der Waals surface area contributed by atoms with E-state index in [0.717, 1.165) is 67.8 Å². The van der Waals surface area contributed by atoms with Crippen LogP contribution in [0.5, 0.6) is 0 Å². The summed E-state index contributed by atoms with van der Waals surface area (Å²) in [6, 6.07) is 13.3. The molecule has 0 bridgehead atoms. The molecule has 1 amide bonds. The molecule has 1 unspecified atom stereocenters. The highest BCUT2D eigenvalue weighted by Gasteiger charge is 2.23. The maximum atomic E-state index is 12.7. The lowest BCUT2D eigenvalue weighted by atomic mass is 9.90. The molecule has 0 aliphatic rings. The molecule has 2 aromatic rings. The van der Waals surface area contributed by atoms with Gasteiger partial charge in [0.15, 0.2) is 0 Å². The number of pyridine rings is 1. The molecule has 0 aliphatic carbocycles. The highest BCUT2D eigenvalue weighted by atomic mass is 16.3. The average Bonchev–Trinajstić information content (AvgIpc) is 2.87. The van der Waals surface area contributed by atoms with Gasteiger partial charge in [-0.25, -0.2) is 4.98 Å². The van der Waals surface area contributed by atoms with Gasteiger partial charge >= 0.3 is 0 Å². The molecule has 36 heavy (non-hydrogen) atoms. The van der Waals surface area contributed by atoms with Gasteiger partial charge in [0.2, 0.25) is 5.91 Å². The molecule has 1 heterocycles. The van der Waals surface area contributed by atoms with Gasteiger partial charge in [-0.05, 0) is 67.9 Å². The number of aliphatic hydroxyl groups is 1. The molecule has 2 rings (SSSR count). The van der Waals surface area contributed by atoms with Crippen LogP contribution < -0.4 is 16.0 Å². The molecule has 4 N–H and O–H groups in total. The molecule has 0 radical (unpaired) electrons. The van der Waals surface area contributed by atoms with Gasteiger partial charge in [-0.1, -0.05) is 65.0 Å². The first-order valence-corrected chi connectivity index (χ1v) is 13.2. The van der Waals surface area contributed by atoms with Gasteiger partial charge in [0.25, 0.3) is 0 Å². The van der Waals surface area contributed by atoms with E-state index in [4.69, 9.17) is 0 Å². The predicted molar refractivity (Wildman–Crippen MR) is 151 cm³/mol. The van der Waals surface area contributed by atoms with E-state index in [0.29, 0.717) is 12.3 Å². The van der Waals surface area contributed by atoms with E-state index < -0.39 is 6.04 Å². The number of benzene rings is 1. The third-order valence-corrected chi connectivity index (χ3v) is 6.59. The van der Waals surface area contributed by atoms with Crippen LogP contribution in [0.25, 0.3) is 0 Å². The van der Waals surface area contributed by atoms with Crippen LogP contribution in [-0.2, 0) is 11.2 Å². The second kappa shape index (κ2) is 15.7. The number of carbonyl (C=O) groups is 1. The van der Waals surface area contributed by atoms with Crippen molar-refractivity contribution in [2.24, 2.45) is 11.8 Å². The minimum atomic E-state index is -0.508. The molecule has 196 valence electrons. The van der Waals surface area contributed by atoms with Crippen molar-refractivity contribution in [3.63, 3.8) is 0 Å². The third kappa shape index (κ3) is 10.5. The number of hydrogen-bond donors (Lipinski definition) is 4. The van der Waals surface area contributed by atoms with Crippen molar-refractivity contribution in [2.45, 2.75) is 71.8 Å². The summed E-state index contributed by atoms with van der Waals surface area (Å²) >= 11 is 0. The zero-order valence-corrected chi connectivity index (χ0v) is 22.2. The maximum Gasteiger partial charge on any atom is 0.223 e. The quantitative estimate of drug-likeness (QED) is 0.143. The van der Waals surface area contributed by atoms with Gasteiger partial charge in [-0.2, -0.15) is 0 Å². The van der Waals surface area contributed by atoms with E-state index in [-0.39, 0.29) is 17.6 Å². The number of rotatable bonds is 17. The Labute approximate surface area is 217 Å². The second-order valence-corrected chi connectivity index (χ2v) is 9.69. The number of nitrogens with one attached hydrogen (secondary N) is 3. The molecule has 1 aromatic carbocycles. The highest BCUT2D eigenvalue weighted by Crippen LogP contribution is 2.20. The minimum Gasteiger partial charge on any atom is -0.511 e. The van der Waals surface area contributed by atoms with Crippen molar-refractivity contribution >= 4 is 17.4 Å². The topological polar surface area (TPSA) is 86.3 Å². The fraction of sp³-hybridized carbons (Fsp3) is 0.467. The molecule has 0 fully saturated rings. The van der Waals surface area contributed by atoms with Crippen LogP contribution in [0.3, 0.4) is 0 Å². The number of carbonyl (C=O) groups excluding carboxylic acids is 1. The number of aliphatic hydroxyl groups excluding tert-OH is 1. The van der Waals surface area contributed by atoms with Crippen molar-refractivity contribution in [1.29, 1.82) is 0 Å². The van der Waals surface area contributed by atoms with Crippen molar-refractivity contribution in [2.75, 3.05) is 17.2 Å². The lowest BCUT2D eigenvalue weighted by Gasteiger charge is -2.24. The molecule has 0 spiro atoms. The van der Waals surface area contributed by atoms with Gasteiger partial charge in [0.05, 0.1) is 6.04 Å². The van der Waals surface area contributed by atoms with Crippen LogP contribution in [0.1, 0.15) is 64.9 Å². The molecule has 0 saturated heterocycles. The molecule has 1 aromatic heterocycles. The predicted octanol–water partition coefficient (Wildman–Crippen LogP) is 6.85. The number of amides is 1. The summed E-state index contributed by atoms with van der Waals surface area (Å²) in [5.74, 6) is 1.03. The Morgan fingerprint density at radius 3 is 2.44 bits per heavy atom. The van der Waals surface area contributed by atoms with Crippen LogP contribution in [0.2, 0.25) is 0 Å². The van der Waals surface area contributed by atoms with Crippen molar-refractivity contribution < 1.29 is 9.90 Å². The minimum absolute atomic E-state index is 0.0233. The van der Waals surface area contributed by atoms with Gasteiger partial charge in [0, 0.05) is 30.0 Å². The van der Waals surface area contributed by atoms with Crippen molar-refractivity contribution in [3.05, 3.63) is 78.8 Å². The third-order valence-electron chi connectivity index (χ3n) is 6.59. The Morgan fingerprint density at radius 1 is 1.06 bits per heavy atom. The summed E-state index contributed by atoms with van der Waals surface area (Å²) in [7, 11) is 0. The van der Waals surface area contributed by atoms with E-state index in [1.165, 1.54) is 0 Å². The first-order valence-electron chi connectivity index (χ1n) is 13.2. The summed E-state index contributed by atoms with van der Waals surface area (Å²) in [6.07, 6.45) is 8.48. The SMILES string of the molecule is C=C(CCCCNc1ccccn1)Nc1ccc(C[C@H](NC(=O)[C@@H](C)C(C)CCCC)C(=C)O)cc1. The van der Waals surface area contributed by atoms with E-state index in [2.05, 4.69) is 47.9 Å². The number of aromatic nitrogens is 1. The highest BCUT2D eigenvalue weighted by molar-refractivity contribution is 5.79. The largest absolute Gasteiger partial charge is 0.511 e. The molecule has 0 saturated carbocycles. The van der Waals surface area contributed by atoms with Gasteiger partial charge in [-0.3, -0.25) is 4.79 Å². The van der Waals surface area contributed by atoms with Crippen LogP contribution in [0, 0.1) is 11.8 Å². The Morgan fingerprint density at radius 2 is 1.81 bits per heavy atom. The summed E-state index contributed by atoms with van der Waals surface area (Å²) in [4.78, 5) is 17.0. The number of hydrogen-bond acceptors (Lipinski definition) is 5. The monoisotopic (exact) mass is 492 g/mol. The summed E-state index contributed by atoms with van der Waals surface area (Å²) in [5.41, 5.74) is 2.96. The second-order valence-electron chi connectivity index (χ2n) is 9.69. The van der Waals surface area contributed by atoms with E-state index in [1.807, 2.05) is 49.4 Å². The lowest BCUT2D eigenvalue weighted by Crippen LogP contribution is -2.42. The van der Waals surface area contributed by atoms with Crippen LogP contribution in [-0.4, -0.2) is 28.6 Å². The maximum absolute atomic E-state index is 12.7. The summed E-state index contributed by atoms with van der Waals surface area (Å²) in [5, 5.41) is 19.8. The number of nitrogens with zero attached hydrogens (tertiary/aromatic N) is 1. The zero-order chi connectivity index (χ0) is 26.3. The molecular formula is C30H44N4O2. The zero-order valence-electron chi connectivity index (χ0n) is 22.2. The normalized spacial score (nSPS) is 13.3. The Kier molecular flexibility index (Phi) is 12.6. The number of allylic oxidation sites excluding steroid dienone is 1. The van der Waals surface area contributed by atoms with E-state index in [1.54, 1.807) is 6.20 Å². The van der Waals surface area contributed by atoms with Crippen molar-refractivity contribution in [1.82, 2.24) is 10.3 Å². The van der Waals surface area contributed by atoms with Gasteiger partial charge in [0.1, 0.15) is 11.6 Å². The Bertz CT molecular complexity index is 943. The van der Waals surface area contributed by atoms with Crippen LogP contribution >= 0.6 is 0 Å². The standard InChI is InChI=1S/C30H44N4O2/c1-6-7-12-22(2)24(4)30(36)34-28(25(5)35)21-26-15-17-27(18-16-26)33-23(3)13-8-10-19-31-29-14-9-11-20-32-29/h9,11,14-18,20,22,24,28,33,35H,3,5-8,10,12-13,19,21H2,1-2,4H3,(H,31,32)(H,34,36)/t22?,24-,28-/m0/s1. The fourth-order valence-corrected chi connectivity index (χ4v) is 3.96. The first-order chi connectivity index (χ1) is 17.3. The molecule has 3 atom stereocenters. The molecular weight excluding hydrogens is 448 g/mol. The van der Waals surface area contributed by atoms with Crippen LogP contribution in [0.15, 0.2) is 73.3 Å². The number of anilines is 2. The number of unbranched alkanes of at least 4 members (excludes halogenated alkanes) is 2. The van der Waals surface area contributed by atoms with E-state index >= 15 is 0 Å². The van der Waals surface area contributed by atoms with Crippen molar-refractivity contribution in [3.8, 4) is 0 Å². The fourth-order valence-electron chi connectivity index (χ4n) is 3.96.